The Morgan fingerprint density at radius 2 is 1.75 bits per heavy atom. The van der Waals surface area contributed by atoms with E-state index in [1.165, 1.54) is 7.11 Å². The van der Waals surface area contributed by atoms with E-state index in [1.807, 2.05) is 34.9 Å². The van der Waals surface area contributed by atoms with Crippen LogP contribution in [0.25, 0.3) is 0 Å². The van der Waals surface area contributed by atoms with E-state index in [-0.39, 0.29) is 23.8 Å². The molecule has 2 aromatic carbocycles. The van der Waals surface area contributed by atoms with Crippen molar-refractivity contribution in [2.45, 2.75) is 38.4 Å². The number of hydrogen-bond donors (Lipinski definition) is 1. The molecule has 8 heteroatoms. The molecule has 2 aromatic heterocycles. The normalized spacial score (nSPS) is 12.9. The maximum atomic E-state index is 14.4. The van der Waals surface area contributed by atoms with Crippen LogP contribution < -0.4 is 15.6 Å². The van der Waals surface area contributed by atoms with Crippen LogP contribution in [0.4, 0.5) is 4.39 Å². The van der Waals surface area contributed by atoms with E-state index in [0.29, 0.717) is 30.3 Å². The largest absolute Gasteiger partial charge is 0.494 e. The molecule has 5 rings (SSSR count). The standard InChI is InChI=1S/C28H27FN4O3/c1-36-24-6-4-5-22(26(24)29)15-30-28(35)23-18-33(27(31-23)21-12-13-21)17-20-10-8-19(9-11-20)16-32-14-3-2-7-25(32)34/h2-11,14,18,21H,12-13,15-17H2,1H3,(H,30,35). The minimum Gasteiger partial charge on any atom is -0.494 e. The smallest absolute Gasteiger partial charge is 0.271 e. The second-order valence-electron chi connectivity index (χ2n) is 8.99. The summed E-state index contributed by atoms with van der Waals surface area (Å²) >= 11 is 0. The number of pyridine rings is 1. The van der Waals surface area contributed by atoms with Crippen LogP contribution in [0, 0.1) is 5.82 Å². The van der Waals surface area contributed by atoms with Crippen LogP contribution in [0.15, 0.2) is 77.9 Å². The number of aromatic nitrogens is 3. The van der Waals surface area contributed by atoms with Gasteiger partial charge in [0, 0.05) is 43.0 Å². The van der Waals surface area contributed by atoms with Crippen LogP contribution in [0.2, 0.25) is 0 Å². The van der Waals surface area contributed by atoms with Gasteiger partial charge >= 0.3 is 0 Å². The van der Waals surface area contributed by atoms with Crippen molar-refractivity contribution in [2.24, 2.45) is 0 Å². The predicted octanol–water partition coefficient (Wildman–Crippen LogP) is 4.10. The average Bonchev–Trinajstić information content (AvgIpc) is 3.65. The van der Waals surface area contributed by atoms with E-state index in [0.717, 1.165) is 29.8 Å². The molecule has 184 valence electrons. The first-order valence-electron chi connectivity index (χ1n) is 11.9. The number of amides is 1. The summed E-state index contributed by atoms with van der Waals surface area (Å²) in [5.74, 6) is 0.565. The van der Waals surface area contributed by atoms with Crippen LogP contribution in [0.3, 0.4) is 0 Å². The molecule has 7 nitrogen and oxygen atoms in total. The summed E-state index contributed by atoms with van der Waals surface area (Å²) in [6, 6.07) is 18.1. The minimum absolute atomic E-state index is 0.0333. The molecule has 1 saturated carbocycles. The van der Waals surface area contributed by atoms with Crippen molar-refractivity contribution in [1.82, 2.24) is 19.4 Å². The van der Waals surface area contributed by atoms with E-state index in [2.05, 4.69) is 10.3 Å². The SMILES string of the molecule is COc1cccc(CNC(=O)c2cn(Cc3ccc(Cn4ccccc4=O)cc3)c(C3CC3)n2)c1F. The number of carbonyl (C=O) groups excluding carboxylic acids is 1. The van der Waals surface area contributed by atoms with Crippen LogP contribution in [-0.4, -0.2) is 27.1 Å². The van der Waals surface area contributed by atoms with E-state index in [4.69, 9.17) is 4.74 Å². The lowest BCUT2D eigenvalue weighted by Crippen LogP contribution is -2.23. The highest BCUT2D eigenvalue weighted by Crippen LogP contribution is 2.39. The quantitative estimate of drug-likeness (QED) is 0.387. The fourth-order valence-electron chi connectivity index (χ4n) is 4.18. The highest BCUT2D eigenvalue weighted by atomic mass is 19.1. The van der Waals surface area contributed by atoms with Crippen LogP contribution in [0.5, 0.6) is 5.75 Å². The molecule has 0 bridgehead atoms. The Labute approximate surface area is 208 Å². The molecule has 0 aliphatic heterocycles. The Kier molecular flexibility index (Phi) is 6.66. The molecule has 1 aliphatic carbocycles. The Bertz CT molecular complexity index is 1440. The molecule has 36 heavy (non-hydrogen) atoms. The number of benzene rings is 2. The molecular formula is C28H27FN4O3. The van der Waals surface area contributed by atoms with Crippen molar-refractivity contribution in [1.29, 1.82) is 0 Å². The number of imidazole rings is 1. The lowest BCUT2D eigenvalue weighted by atomic mass is 10.1. The molecule has 0 spiro atoms. The molecule has 1 amide bonds. The molecule has 4 aromatic rings. The zero-order valence-corrected chi connectivity index (χ0v) is 20.0. The summed E-state index contributed by atoms with van der Waals surface area (Å²) in [5, 5.41) is 2.77. The van der Waals surface area contributed by atoms with Crippen molar-refractivity contribution >= 4 is 5.91 Å². The van der Waals surface area contributed by atoms with Gasteiger partial charge in [-0.25, -0.2) is 9.37 Å². The van der Waals surface area contributed by atoms with E-state index in [9.17, 15) is 14.0 Å². The first-order valence-corrected chi connectivity index (χ1v) is 11.9. The summed E-state index contributed by atoms with van der Waals surface area (Å²) in [4.78, 5) is 29.4. The molecule has 0 unspecified atom stereocenters. The Balaban J connectivity index is 1.28. The van der Waals surface area contributed by atoms with Gasteiger partial charge in [-0.15, -0.1) is 0 Å². The molecule has 0 atom stereocenters. The average molecular weight is 487 g/mol. The maximum absolute atomic E-state index is 14.4. The number of nitrogens with zero attached hydrogens (tertiary/aromatic N) is 3. The fourth-order valence-corrected chi connectivity index (χ4v) is 4.18. The topological polar surface area (TPSA) is 78.1 Å². The number of nitrogens with one attached hydrogen (secondary N) is 1. The second kappa shape index (κ2) is 10.2. The first-order chi connectivity index (χ1) is 17.5. The van der Waals surface area contributed by atoms with Gasteiger partial charge in [-0.1, -0.05) is 42.5 Å². The van der Waals surface area contributed by atoms with Gasteiger partial charge < -0.3 is 19.2 Å². The third kappa shape index (κ3) is 5.22. The van der Waals surface area contributed by atoms with Crippen molar-refractivity contribution in [3.63, 3.8) is 0 Å². The summed E-state index contributed by atoms with van der Waals surface area (Å²) in [6.45, 7) is 1.14. The molecule has 0 saturated heterocycles. The summed E-state index contributed by atoms with van der Waals surface area (Å²) in [5.41, 5.74) is 2.74. The van der Waals surface area contributed by atoms with Crippen LogP contribution >= 0.6 is 0 Å². The number of ether oxygens (including phenoxy) is 1. The van der Waals surface area contributed by atoms with E-state index in [1.54, 1.807) is 47.3 Å². The molecule has 2 heterocycles. The van der Waals surface area contributed by atoms with Gasteiger partial charge in [0.1, 0.15) is 11.5 Å². The molecule has 1 aliphatic rings. The van der Waals surface area contributed by atoms with Crippen LogP contribution in [-0.2, 0) is 19.6 Å². The third-order valence-electron chi connectivity index (χ3n) is 6.31. The van der Waals surface area contributed by atoms with Gasteiger partial charge in [0.05, 0.1) is 13.7 Å². The number of hydrogen-bond acceptors (Lipinski definition) is 4. The Hall–Kier alpha value is -4.20. The van der Waals surface area contributed by atoms with E-state index >= 15 is 0 Å². The highest BCUT2D eigenvalue weighted by molar-refractivity contribution is 5.92. The van der Waals surface area contributed by atoms with Crippen molar-refractivity contribution in [3.05, 3.63) is 117 Å². The fraction of sp³-hybridized carbons (Fsp3) is 0.250. The first kappa shape index (κ1) is 23.5. The lowest BCUT2D eigenvalue weighted by molar-refractivity contribution is 0.0945. The monoisotopic (exact) mass is 486 g/mol. The van der Waals surface area contributed by atoms with Crippen LogP contribution in [0.1, 0.15) is 51.8 Å². The number of carbonyl (C=O) groups is 1. The summed E-state index contributed by atoms with van der Waals surface area (Å²) in [7, 11) is 1.41. The van der Waals surface area contributed by atoms with Crippen molar-refractivity contribution < 1.29 is 13.9 Å². The van der Waals surface area contributed by atoms with Crippen molar-refractivity contribution in [2.75, 3.05) is 7.11 Å². The zero-order valence-electron chi connectivity index (χ0n) is 20.0. The van der Waals surface area contributed by atoms with E-state index < -0.39 is 5.82 Å². The Morgan fingerprint density at radius 1 is 1.03 bits per heavy atom. The molecule has 1 N–H and O–H groups in total. The third-order valence-corrected chi connectivity index (χ3v) is 6.31. The van der Waals surface area contributed by atoms with Gasteiger partial charge in [-0.2, -0.15) is 0 Å². The summed E-state index contributed by atoms with van der Waals surface area (Å²) in [6.07, 6.45) is 5.65. The van der Waals surface area contributed by atoms with Gasteiger partial charge in [0.25, 0.3) is 11.5 Å². The predicted molar refractivity (Wildman–Crippen MR) is 134 cm³/mol. The number of halogens is 1. The number of methoxy groups -OCH3 is 1. The van der Waals surface area contributed by atoms with Crippen molar-refractivity contribution in [3.8, 4) is 5.75 Å². The Morgan fingerprint density at radius 3 is 2.42 bits per heavy atom. The maximum Gasteiger partial charge on any atom is 0.271 e. The lowest BCUT2D eigenvalue weighted by Gasteiger charge is -2.09. The zero-order chi connectivity index (χ0) is 25.1. The second-order valence-corrected chi connectivity index (χ2v) is 8.99. The molecular weight excluding hydrogens is 459 g/mol. The van der Waals surface area contributed by atoms with Gasteiger partial charge in [-0.05, 0) is 36.1 Å². The van der Waals surface area contributed by atoms with Gasteiger partial charge in [0.15, 0.2) is 11.6 Å². The van der Waals surface area contributed by atoms with Gasteiger partial charge in [0.2, 0.25) is 0 Å². The number of rotatable bonds is 9. The van der Waals surface area contributed by atoms with Gasteiger partial charge in [-0.3, -0.25) is 9.59 Å². The summed E-state index contributed by atoms with van der Waals surface area (Å²) < 4.78 is 23.1. The minimum atomic E-state index is -0.481. The molecule has 0 radical (unpaired) electrons. The molecule has 1 fully saturated rings. The highest BCUT2D eigenvalue weighted by Gasteiger charge is 2.30.